The quantitative estimate of drug-likeness (QED) is 0.807. The molecule has 2 aromatic rings. The molecule has 3 heterocycles. The van der Waals surface area contributed by atoms with Gasteiger partial charge in [0.1, 0.15) is 15.3 Å². The minimum Gasteiger partial charge on any atom is -0.477 e. The SMILES string of the molecule is CC(C)(C)OC(=O)N1CCc2cc3c(N)c(C(=O)O)sc3nc2CC1. The highest BCUT2D eigenvalue weighted by molar-refractivity contribution is 7.21. The van der Waals surface area contributed by atoms with E-state index in [9.17, 15) is 14.7 Å². The summed E-state index contributed by atoms with van der Waals surface area (Å²) in [7, 11) is 0. The number of fused-ring (bicyclic) bond motifs is 2. The highest BCUT2D eigenvalue weighted by Gasteiger charge is 2.26. The predicted octanol–water partition coefficient (Wildman–Crippen LogP) is 2.91. The number of hydrogen-bond acceptors (Lipinski definition) is 6. The number of anilines is 1. The van der Waals surface area contributed by atoms with Crippen molar-refractivity contribution >= 4 is 39.3 Å². The lowest BCUT2D eigenvalue weighted by molar-refractivity contribution is 0.0258. The zero-order valence-corrected chi connectivity index (χ0v) is 15.3. The smallest absolute Gasteiger partial charge is 0.410 e. The van der Waals surface area contributed by atoms with Gasteiger partial charge in [-0.05, 0) is 38.8 Å². The van der Waals surface area contributed by atoms with Crippen LogP contribution < -0.4 is 5.73 Å². The molecule has 0 unspecified atom stereocenters. The number of nitrogens with zero attached hydrogens (tertiary/aromatic N) is 2. The van der Waals surface area contributed by atoms with Crippen molar-refractivity contribution in [3.63, 3.8) is 0 Å². The van der Waals surface area contributed by atoms with Crippen molar-refractivity contribution in [2.24, 2.45) is 0 Å². The number of pyridine rings is 1. The Morgan fingerprint density at radius 2 is 2.00 bits per heavy atom. The average Bonchev–Trinajstić information content (AvgIpc) is 2.68. The van der Waals surface area contributed by atoms with E-state index in [1.807, 2.05) is 26.8 Å². The molecule has 1 amide bonds. The maximum Gasteiger partial charge on any atom is 0.410 e. The number of rotatable bonds is 1. The standard InChI is InChI=1S/C17H21N3O4S/c1-17(2,3)24-16(23)20-6-4-9-8-10-12(18)13(15(21)22)25-14(10)19-11(9)5-7-20/h8H,4-7,18H2,1-3H3,(H,21,22). The van der Waals surface area contributed by atoms with Crippen LogP contribution in [-0.4, -0.2) is 45.7 Å². The molecule has 3 N–H and O–H groups in total. The molecule has 25 heavy (non-hydrogen) atoms. The van der Waals surface area contributed by atoms with Crippen molar-refractivity contribution in [1.29, 1.82) is 0 Å². The van der Waals surface area contributed by atoms with Gasteiger partial charge >= 0.3 is 12.1 Å². The van der Waals surface area contributed by atoms with Crippen LogP contribution >= 0.6 is 11.3 Å². The van der Waals surface area contributed by atoms with Gasteiger partial charge in [0.2, 0.25) is 0 Å². The molecule has 8 heteroatoms. The van der Waals surface area contributed by atoms with Gasteiger partial charge in [-0.15, -0.1) is 11.3 Å². The molecule has 0 aromatic carbocycles. The van der Waals surface area contributed by atoms with E-state index in [0.29, 0.717) is 36.1 Å². The molecular weight excluding hydrogens is 342 g/mol. The van der Waals surface area contributed by atoms with Crippen LogP contribution in [-0.2, 0) is 17.6 Å². The minimum absolute atomic E-state index is 0.123. The number of carbonyl (C=O) groups is 2. The van der Waals surface area contributed by atoms with Crippen LogP contribution in [0.5, 0.6) is 0 Å². The normalized spacial score (nSPS) is 14.9. The summed E-state index contributed by atoms with van der Waals surface area (Å²) >= 11 is 1.09. The lowest BCUT2D eigenvalue weighted by atomic mass is 10.1. The van der Waals surface area contributed by atoms with Gasteiger partial charge in [-0.3, -0.25) is 0 Å². The number of ether oxygens (including phenoxy) is 1. The first-order chi connectivity index (χ1) is 11.7. The first kappa shape index (κ1) is 17.5. The summed E-state index contributed by atoms with van der Waals surface area (Å²) in [6.07, 6.45) is 0.912. The molecule has 0 fully saturated rings. The Kier molecular flexibility index (Phi) is 4.32. The van der Waals surface area contributed by atoms with E-state index in [4.69, 9.17) is 10.5 Å². The molecule has 0 saturated carbocycles. The summed E-state index contributed by atoms with van der Waals surface area (Å²) in [4.78, 5) is 30.6. The van der Waals surface area contributed by atoms with Gasteiger partial charge in [0.15, 0.2) is 0 Å². The Labute approximate surface area is 149 Å². The molecule has 0 spiro atoms. The number of amides is 1. The predicted molar refractivity (Wildman–Crippen MR) is 96.2 cm³/mol. The fraction of sp³-hybridized carbons (Fsp3) is 0.471. The van der Waals surface area contributed by atoms with Gasteiger partial charge in [0.05, 0.1) is 5.69 Å². The average molecular weight is 363 g/mol. The fourth-order valence-electron chi connectivity index (χ4n) is 2.83. The lowest BCUT2D eigenvalue weighted by Gasteiger charge is -2.26. The van der Waals surface area contributed by atoms with Crippen molar-refractivity contribution in [2.45, 2.75) is 39.2 Å². The summed E-state index contributed by atoms with van der Waals surface area (Å²) in [5.74, 6) is -1.04. The summed E-state index contributed by atoms with van der Waals surface area (Å²) in [6.45, 7) is 6.58. The van der Waals surface area contributed by atoms with Crippen molar-refractivity contribution in [2.75, 3.05) is 18.8 Å². The number of aromatic nitrogens is 1. The van der Waals surface area contributed by atoms with Gasteiger partial charge in [-0.2, -0.15) is 0 Å². The molecule has 0 radical (unpaired) electrons. The molecule has 0 aliphatic carbocycles. The Balaban J connectivity index is 1.86. The Bertz CT molecular complexity index is 854. The topological polar surface area (TPSA) is 106 Å². The van der Waals surface area contributed by atoms with Crippen molar-refractivity contribution < 1.29 is 19.4 Å². The summed E-state index contributed by atoms with van der Waals surface area (Å²) in [5, 5.41) is 9.88. The number of thiophene rings is 1. The van der Waals surface area contributed by atoms with E-state index in [2.05, 4.69) is 4.98 Å². The van der Waals surface area contributed by atoms with E-state index in [1.165, 1.54) is 0 Å². The van der Waals surface area contributed by atoms with Gasteiger partial charge in [-0.1, -0.05) is 0 Å². The van der Waals surface area contributed by atoms with Crippen LogP contribution in [0.15, 0.2) is 6.07 Å². The van der Waals surface area contributed by atoms with Crippen molar-refractivity contribution in [3.05, 3.63) is 22.2 Å². The first-order valence-electron chi connectivity index (χ1n) is 8.07. The van der Waals surface area contributed by atoms with E-state index in [-0.39, 0.29) is 16.7 Å². The number of carboxylic acids is 1. The van der Waals surface area contributed by atoms with Crippen LogP contribution in [0.1, 0.15) is 41.7 Å². The van der Waals surface area contributed by atoms with Crippen LogP contribution in [0.4, 0.5) is 10.5 Å². The molecule has 1 aliphatic rings. The number of aromatic carboxylic acids is 1. The fourth-order valence-corrected chi connectivity index (χ4v) is 3.76. The number of nitrogens with two attached hydrogens (primary N) is 1. The van der Waals surface area contributed by atoms with E-state index in [1.54, 1.807) is 4.90 Å². The lowest BCUT2D eigenvalue weighted by Crippen LogP contribution is -2.38. The second-order valence-corrected chi connectivity index (χ2v) is 8.06. The molecule has 134 valence electrons. The van der Waals surface area contributed by atoms with E-state index < -0.39 is 11.6 Å². The van der Waals surface area contributed by atoms with E-state index >= 15 is 0 Å². The zero-order chi connectivity index (χ0) is 18.4. The monoisotopic (exact) mass is 363 g/mol. The van der Waals surface area contributed by atoms with Gasteiger partial charge in [0, 0.05) is 30.6 Å². The summed E-state index contributed by atoms with van der Waals surface area (Å²) in [5.41, 5.74) is 7.58. The molecule has 0 atom stereocenters. The molecule has 0 saturated heterocycles. The third-order valence-electron chi connectivity index (χ3n) is 4.01. The number of carbonyl (C=O) groups excluding carboxylic acids is 1. The molecule has 3 rings (SSSR count). The van der Waals surface area contributed by atoms with Gasteiger partial charge in [-0.25, -0.2) is 14.6 Å². The van der Waals surface area contributed by atoms with Crippen molar-refractivity contribution in [3.8, 4) is 0 Å². The second-order valence-electron chi connectivity index (χ2n) is 7.06. The summed E-state index contributed by atoms with van der Waals surface area (Å²) < 4.78 is 5.44. The van der Waals surface area contributed by atoms with Gasteiger partial charge in [0.25, 0.3) is 0 Å². The molecule has 0 bridgehead atoms. The van der Waals surface area contributed by atoms with Gasteiger partial charge < -0.3 is 20.5 Å². The Morgan fingerprint density at radius 3 is 2.64 bits per heavy atom. The molecule has 7 nitrogen and oxygen atoms in total. The third kappa shape index (κ3) is 3.53. The largest absolute Gasteiger partial charge is 0.477 e. The number of carboxylic acid groups (broad SMARTS) is 1. The molecule has 2 aromatic heterocycles. The first-order valence-corrected chi connectivity index (χ1v) is 8.89. The Morgan fingerprint density at radius 1 is 1.32 bits per heavy atom. The number of nitrogen functional groups attached to an aromatic ring is 1. The van der Waals surface area contributed by atoms with E-state index in [0.717, 1.165) is 22.6 Å². The minimum atomic E-state index is -1.04. The van der Waals surface area contributed by atoms with Crippen LogP contribution in [0, 0.1) is 0 Å². The highest BCUT2D eigenvalue weighted by Crippen LogP contribution is 2.34. The molecular formula is C17H21N3O4S. The van der Waals surface area contributed by atoms with Crippen LogP contribution in [0.25, 0.3) is 10.2 Å². The zero-order valence-electron chi connectivity index (χ0n) is 14.5. The maximum atomic E-state index is 12.3. The number of hydrogen-bond donors (Lipinski definition) is 2. The molecule has 1 aliphatic heterocycles. The van der Waals surface area contributed by atoms with Crippen LogP contribution in [0.3, 0.4) is 0 Å². The highest BCUT2D eigenvalue weighted by atomic mass is 32.1. The van der Waals surface area contributed by atoms with Crippen LogP contribution in [0.2, 0.25) is 0 Å². The Hall–Kier alpha value is -2.35. The second kappa shape index (κ2) is 6.18. The third-order valence-corrected chi connectivity index (χ3v) is 5.11. The van der Waals surface area contributed by atoms with Crippen molar-refractivity contribution in [1.82, 2.24) is 9.88 Å². The summed E-state index contributed by atoms with van der Waals surface area (Å²) in [6, 6.07) is 1.91. The maximum absolute atomic E-state index is 12.3.